The van der Waals surface area contributed by atoms with E-state index < -0.39 is 0 Å². The average Bonchev–Trinajstić information content (AvgIpc) is 2.98. The second kappa shape index (κ2) is 6.40. The van der Waals surface area contributed by atoms with E-state index in [1.54, 1.807) is 7.11 Å². The summed E-state index contributed by atoms with van der Waals surface area (Å²) in [4.78, 5) is 3.15. The van der Waals surface area contributed by atoms with Crippen LogP contribution >= 0.6 is 12.2 Å². The molecule has 0 aromatic carbocycles. The Bertz CT molecular complexity index is 207. The summed E-state index contributed by atoms with van der Waals surface area (Å²) in [6, 6.07) is 1.35. The van der Waals surface area contributed by atoms with Gasteiger partial charge in [0.2, 0.25) is 0 Å². The molecule has 0 saturated heterocycles. The summed E-state index contributed by atoms with van der Waals surface area (Å²) in [6.07, 6.45) is 4.58. The molecule has 1 atom stereocenters. The van der Waals surface area contributed by atoms with Crippen LogP contribution in [-0.4, -0.2) is 42.2 Å². The van der Waals surface area contributed by atoms with Crippen LogP contribution in [0.25, 0.3) is 0 Å². The van der Waals surface area contributed by atoms with Crippen molar-refractivity contribution in [1.29, 1.82) is 0 Å². The summed E-state index contributed by atoms with van der Waals surface area (Å²) in [5, 5.41) is 0. The Hall–Kier alpha value is -0.190. The van der Waals surface area contributed by atoms with Gasteiger partial charge in [0.1, 0.15) is 0 Å². The quantitative estimate of drug-likeness (QED) is 0.642. The maximum Gasteiger partial charge on any atom is 0.0740 e. The molecule has 0 radical (unpaired) electrons. The van der Waals surface area contributed by atoms with E-state index in [0.717, 1.165) is 32.0 Å². The number of hydrogen-bond donors (Lipinski definition) is 1. The Morgan fingerprint density at radius 3 is 2.73 bits per heavy atom. The molecule has 1 unspecified atom stereocenters. The van der Waals surface area contributed by atoms with Crippen molar-refractivity contribution in [3.63, 3.8) is 0 Å². The molecule has 0 aromatic heterocycles. The number of nitrogens with zero attached hydrogens (tertiary/aromatic N) is 1. The van der Waals surface area contributed by atoms with Gasteiger partial charge in [-0.1, -0.05) is 12.2 Å². The minimum Gasteiger partial charge on any atom is -0.393 e. The Labute approximate surface area is 98.0 Å². The molecule has 0 amide bonds. The van der Waals surface area contributed by atoms with Crippen LogP contribution in [0.3, 0.4) is 0 Å². The Morgan fingerprint density at radius 2 is 2.27 bits per heavy atom. The van der Waals surface area contributed by atoms with Crippen molar-refractivity contribution in [3.8, 4) is 0 Å². The van der Waals surface area contributed by atoms with Crippen LogP contribution in [0, 0.1) is 0 Å². The molecule has 1 fully saturated rings. The molecule has 1 rings (SSSR count). The summed E-state index contributed by atoms with van der Waals surface area (Å²) in [5.74, 6) is 0. The van der Waals surface area contributed by atoms with E-state index in [2.05, 4.69) is 11.8 Å². The minimum absolute atomic E-state index is 0.576. The van der Waals surface area contributed by atoms with Gasteiger partial charge < -0.3 is 10.5 Å². The van der Waals surface area contributed by atoms with E-state index >= 15 is 0 Å². The molecule has 4 heteroatoms. The number of hydrogen-bond acceptors (Lipinski definition) is 3. The first-order valence-electron chi connectivity index (χ1n) is 5.68. The highest BCUT2D eigenvalue weighted by molar-refractivity contribution is 7.80. The molecular formula is C11H22N2OS. The van der Waals surface area contributed by atoms with Crippen LogP contribution in [0.15, 0.2) is 0 Å². The fourth-order valence-electron chi connectivity index (χ4n) is 1.86. The zero-order valence-corrected chi connectivity index (χ0v) is 10.6. The smallest absolute Gasteiger partial charge is 0.0740 e. The molecule has 2 N–H and O–H groups in total. The van der Waals surface area contributed by atoms with Crippen LogP contribution in [-0.2, 0) is 4.74 Å². The van der Waals surface area contributed by atoms with Crippen molar-refractivity contribution in [2.75, 3.05) is 20.3 Å². The number of thiocarbonyl (C=S) groups is 1. The van der Waals surface area contributed by atoms with Gasteiger partial charge in [-0.25, -0.2) is 0 Å². The number of nitrogens with two attached hydrogens (primary N) is 1. The maximum atomic E-state index is 5.54. The van der Waals surface area contributed by atoms with E-state index in [4.69, 9.17) is 22.7 Å². The standard InChI is InChI=1S/C11H22N2OS/c1-9(6-8-14-2)13(10-3-4-10)7-5-11(12)15/h9-10H,3-8H2,1-2H3,(H2,12,15). The highest BCUT2D eigenvalue weighted by atomic mass is 32.1. The van der Waals surface area contributed by atoms with Crippen LogP contribution in [0.2, 0.25) is 0 Å². The third-order valence-electron chi connectivity index (χ3n) is 2.94. The van der Waals surface area contributed by atoms with Crippen molar-refractivity contribution < 1.29 is 4.74 Å². The lowest BCUT2D eigenvalue weighted by Crippen LogP contribution is -2.37. The lowest BCUT2D eigenvalue weighted by molar-refractivity contribution is 0.135. The molecule has 0 aromatic rings. The Morgan fingerprint density at radius 1 is 1.60 bits per heavy atom. The topological polar surface area (TPSA) is 38.5 Å². The summed E-state index contributed by atoms with van der Waals surface area (Å²) < 4.78 is 5.11. The van der Waals surface area contributed by atoms with Crippen LogP contribution in [0.5, 0.6) is 0 Å². The lowest BCUT2D eigenvalue weighted by atomic mass is 10.2. The van der Waals surface area contributed by atoms with Crippen LogP contribution in [0.1, 0.15) is 32.6 Å². The third kappa shape index (κ3) is 4.91. The van der Waals surface area contributed by atoms with Crippen molar-refractivity contribution in [1.82, 2.24) is 4.90 Å². The first-order valence-corrected chi connectivity index (χ1v) is 6.09. The van der Waals surface area contributed by atoms with Gasteiger partial charge in [0.15, 0.2) is 0 Å². The van der Waals surface area contributed by atoms with Gasteiger partial charge in [0, 0.05) is 38.8 Å². The lowest BCUT2D eigenvalue weighted by Gasteiger charge is -2.28. The monoisotopic (exact) mass is 230 g/mol. The fraction of sp³-hybridized carbons (Fsp3) is 0.909. The molecule has 1 aliphatic carbocycles. The zero-order valence-electron chi connectivity index (χ0n) is 9.74. The summed E-state index contributed by atoms with van der Waals surface area (Å²) >= 11 is 4.92. The van der Waals surface area contributed by atoms with Crippen LogP contribution in [0.4, 0.5) is 0 Å². The molecule has 0 heterocycles. The highest BCUT2D eigenvalue weighted by Gasteiger charge is 2.31. The van der Waals surface area contributed by atoms with E-state index in [0.29, 0.717) is 11.0 Å². The summed E-state index contributed by atoms with van der Waals surface area (Å²) in [5.41, 5.74) is 5.54. The van der Waals surface area contributed by atoms with Gasteiger partial charge >= 0.3 is 0 Å². The number of rotatable bonds is 8. The Balaban J connectivity index is 2.31. The van der Waals surface area contributed by atoms with E-state index in [1.165, 1.54) is 12.8 Å². The van der Waals surface area contributed by atoms with Gasteiger partial charge in [-0.15, -0.1) is 0 Å². The molecule has 15 heavy (non-hydrogen) atoms. The SMILES string of the molecule is COCCC(C)N(CCC(N)=S)C1CC1. The van der Waals surface area contributed by atoms with E-state index in [-0.39, 0.29) is 0 Å². The average molecular weight is 230 g/mol. The van der Waals surface area contributed by atoms with Gasteiger partial charge in [0.05, 0.1) is 4.99 Å². The second-order valence-corrected chi connectivity index (χ2v) is 4.84. The number of methoxy groups -OCH3 is 1. The minimum atomic E-state index is 0.576. The third-order valence-corrected chi connectivity index (χ3v) is 3.14. The summed E-state index contributed by atoms with van der Waals surface area (Å²) in [7, 11) is 1.75. The van der Waals surface area contributed by atoms with Gasteiger partial charge in [-0.2, -0.15) is 0 Å². The normalized spacial score (nSPS) is 18.1. The molecule has 1 aliphatic rings. The molecule has 3 nitrogen and oxygen atoms in total. The molecule has 0 spiro atoms. The van der Waals surface area contributed by atoms with Crippen molar-refractivity contribution >= 4 is 17.2 Å². The van der Waals surface area contributed by atoms with Crippen molar-refractivity contribution in [3.05, 3.63) is 0 Å². The first-order chi connectivity index (χ1) is 7.15. The highest BCUT2D eigenvalue weighted by Crippen LogP contribution is 2.29. The zero-order chi connectivity index (χ0) is 11.3. The second-order valence-electron chi connectivity index (χ2n) is 4.32. The molecule has 1 saturated carbocycles. The predicted molar refractivity (Wildman–Crippen MR) is 67.1 cm³/mol. The first kappa shape index (κ1) is 12.9. The Kier molecular flexibility index (Phi) is 5.50. The van der Waals surface area contributed by atoms with Crippen molar-refractivity contribution in [2.24, 2.45) is 5.73 Å². The molecular weight excluding hydrogens is 208 g/mol. The molecule has 88 valence electrons. The predicted octanol–water partition coefficient (Wildman–Crippen LogP) is 1.55. The van der Waals surface area contributed by atoms with Gasteiger partial charge in [-0.05, 0) is 26.2 Å². The van der Waals surface area contributed by atoms with Crippen LogP contribution < -0.4 is 5.73 Å². The van der Waals surface area contributed by atoms with E-state index in [1.807, 2.05) is 0 Å². The molecule has 0 bridgehead atoms. The molecule has 0 aliphatic heterocycles. The van der Waals surface area contributed by atoms with Gasteiger partial charge in [0.25, 0.3) is 0 Å². The fourth-order valence-corrected chi connectivity index (χ4v) is 1.95. The van der Waals surface area contributed by atoms with Gasteiger partial charge in [-0.3, -0.25) is 4.90 Å². The van der Waals surface area contributed by atoms with E-state index in [9.17, 15) is 0 Å². The largest absolute Gasteiger partial charge is 0.393 e. The summed E-state index contributed by atoms with van der Waals surface area (Å²) in [6.45, 7) is 4.10. The van der Waals surface area contributed by atoms with Crippen molar-refractivity contribution in [2.45, 2.75) is 44.7 Å². The maximum absolute atomic E-state index is 5.54. The number of ether oxygens (including phenoxy) is 1.